The van der Waals surface area contributed by atoms with E-state index in [4.69, 9.17) is 32.7 Å². The summed E-state index contributed by atoms with van der Waals surface area (Å²) >= 11 is 11.9. The van der Waals surface area contributed by atoms with Crippen LogP contribution < -0.4 is 4.74 Å². The molecule has 104 valence electrons. The predicted molar refractivity (Wildman–Crippen MR) is 73.4 cm³/mol. The summed E-state index contributed by atoms with van der Waals surface area (Å²) in [5, 5.41) is 8.06. The van der Waals surface area contributed by atoms with E-state index < -0.39 is 11.0 Å². The normalized spacial score (nSPS) is 14.2. The number of carbonyl (C=O) groups is 1. The van der Waals surface area contributed by atoms with Gasteiger partial charge in [0.15, 0.2) is 5.75 Å². The van der Waals surface area contributed by atoms with E-state index >= 15 is 0 Å². The molecule has 0 radical (unpaired) electrons. The van der Waals surface area contributed by atoms with Crippen LogP contribution in [0.15, 0.2) is 28.4 Å². The van der Waals surface area contributed by atoms with Crippen LogP contribution >= 0.6 is 23.2 Å². The van der Waals surface area contributed by atoms with Crippen LogP contribution in [0.25, 0.3) is 0 Å². The highest BCUT2D eigenvalue weighted by molar-refractivity contribution is 6.33. The van der Waals surface area contributed by atoms with Gasteiger partial charge in [0.1, 0.15) is 5.69 Å². The molecule has 0 heterocycles. The molecule has 1 aromatic carbocycles. The first-order chi connectivity index (χ1) is 8.92. The van der Waals surface area contributed by atoms with Gasteiger partial charge in [0, 0.05) is 0 Å². The minimum atomic E-state index is -1.58. The number of hydrogen-bond acceptors (Lipinski definition) is 5. The third-order valence-electron chi connectivity index (χ3n) is 2.14. The summed E-state index contributed by atoms with van der Waals surface area (Å²) < 4.78 is 9.90. The van der Waals surface area contributed by atoms with Crippen molar-refractivity contribution in [2.24, 2.45) is 10.2 Å². The third kappa shape index (κ3) is 4.08. The molecule has 0 N–H and O–H groups in total. The number of nitrogens with zero attached hydrogens (tertiary/aromatic N) is 2. The van der Waals surface area contributed by atoms with E-state index in [2.05, 4.69) is 10.2 Å². The molecule has 1 unspecified atom stereocenters. The van der Waals surface area contributed by atoms with Crippen molar-refractivity contribution in [3.8, 4) is 5.75 Å². The van der Waals surface area contributed by atoms with Crippen LogP contribution in [0.3, 0.4) is 0 Å². The van der Waals surface area contributed by atoms with E-state index in [0.717, 1.165) is 0 Å². The average Bonchev–Trinajstić information content (AvgIpc) is 2.36. The summed E-state index contributed by atoms with van der Waals surface area (Å²) in [5.74, 6) is -0.300. The topological polar surface area (TPSA) is 60.2 Å². The van der Waals surface area contributed by atoms with Crippen molar-refractivity contribution >= 4 is 34.9 Å². The minimum absolute atomic E-state index is 0.219. The van der Waals surface area contributed by atoms with E-state index in [9.17, 15) is 4.79 Å². The van der Waals surface area contributed by atoms with Crippen LogP contribution in [0, 0.1) is 0 Å². The van der Waals surface area contributed by atoms with Crippen molar-refractivity contribution in [2.75, 3.05) is 13.7 Å². The maximum absolute atomic E-state index is 11.5. The molecule has 7 heteroatoms. The average molecular weight is 305 g/mol. The lowest BCUT2D eigenvalue weighted by Gasteiger charge is -2.13. The third-order valence-corrected chi connectivity index (χ3v) is 2.67. The van der Waals surface area contributed by atoms with Crippen LogP contribution in [0.2, 0.25) is 5.02 Å². The summed E-state index contributed by atoms with van der Waals surface area (Å²) in [5.41, 5.74) is 0.381. The van der Waals surface area contributed by atoms with E-state index in [1.165, 1.54) is 14.0 Å². The molecular formula is C12H14Cl2N2O3. The van der Waals surface area contributed by atoms with Crippen molar-refractivity contribution < 1.29 is 14.3 Å². The number of alkyl halides is 1. The van der Waals surface area contributed by atoms with Gasteiger partial charge >= 0.3 is 5.97 Å². The number of para-hydroxylation sites is 1. The Kier molecular flexibility index (Phi) is 5.57. The number of hydrogen-bond donors (Lipinski definition) is 0. The summed E-state index contributed by atoms with van der Waals surface area (Å²) in [6, 6.07) is 4.99. The standard InChI is InChI=1S/C12H14Cl2N2O3/c1-4-19-11(17)12(2,14)16-15-9-7-5-6-8(13)10(9)18-3/h5-7H,4H2,1-3H3. The Morgan fingerprint density at radius 1 is 1.47 bits per heavy atom. The van der Waals surface area contributed by atoms with Crippen molar-refractivity contribution in [3.05, 3.63) is 23.2 Å². The van der Waals surface area contributed by atoms with Gasteiger partial charge in [-0.25, -0.2) is 4.79 Å². The van der Waals surface area contributed by atoms with Gasteiger partial charge in [-0.3, -0.25) is 0 Å². The Balaban J connectivity index is 2.99. The van der Waals surface area contributed by atoms with E-state index in [1.807, 2.05) is 0 Å². The molecule has 0 bridgehead atoms. The lowest BCUT2D eigenvalue weighted by atomic mass is 10.3. The zero-order chi connectivity index (χ0) is 14.5. The van der Waals surface area contributed by atoms with Crippen molar-refractivity contribution in [2.45, 2.75) is 18.8 Å². The number of carbonyl (C=O) groups excluding carboxylic acids is 1. The first-order valence-electron chi connectivity index (χ1n) is 5.54. The molecule has 0 aliphatic carbocycles. The SMILES string of the molecule is CCOC(=O)C(C)(Cl)N=Nc1cccc(Cl)c1OC. The highest BCUT2D eigenvalue weighted by atomic mass is 35.5. The quantitative estimate of drug-likeness (QED) is 0.358. The fourth-order valence-corrected chi connectivity index (χ4v) is 1.57. The zero-order valence-electron chi connectivity index (χ0n) is 10.8. The second kappa shape index (κ2) is 6.73. The maximum Gasteiger partial charge on any atom is 0.351 e. The van der Waals surface area contributed by atoms with E-state index in [1.54, 1.807) is 25.1 Å². The van der Waals surface area contributed by atoms with Gasteiger partial charge in [-0.15, -0.1) is 5.11 Å². The molecule has 0 aromatic heterocycles. The first kappa shape index (κ1) is 15.7. The highest BCUT2D eigenvalue weighted by Crippen LogP contribution is 2.35. The monoisotopic (exact) mass is 304 g/mol. The number of benzene rings is 1. The zero-order valence-corrected chi connectivity index (χ0v) is 12.3. The lowest BCUT2D eigenvalue weighted by molar-refractivity contribution is -0.145. The number of methoxy groups -OCH3 is 1. The van der Waals surface area contributed by atoms with Crippen molar-refractivity contribution in [1.29, 1.82) is 0 Å². The molecule has 0 spiro atoms. The van der Waals surface area contributed by atoms with Gasteiger partial charge in [-0.1, -0.05) is 29.3 Å². The Bertz CT molecular complexity index is 490. The van der Waals surface area contributed by atoms with Crippen LogP contribution in [0.5, 0.6) is 5.75 Å². The molecule has 0 aliphatic rings. The molecule has 0 fully saturated rings. The fourth-order valence-electron chi connectivity index (χ4n) is 1.23. The van der Waals surface area contributed by atoms with Gasteiger partial charge in [0.2, 0.25) is 5.00 Å². The molecular weight excluding hydrogens is 291 g/mol. The van der Waals surface area contributed by atoms with Gasteiger partial charge in [-0.2, -0.15) is 5.11 Å². The number of rotatable bonds is 5. The first-order valence-corrected chi connectivity index (χ1v) is 6.29. The van der Waals surface area contributed by atoms with Crippen LogP contribution in [0.1, 0.15) is 13.8 Å². The molecule has 19 heavy (non-hydrogen) atoms. The smallest absolute Gasteiger partial charge is 0.351 e. The van der Waals surface area contributed by atoms with Gasteiger partial charge < -0.3 is 9.47 Å². The molecule has 0 aliphatic heterocycles. The number of ether oxygens (including phenoxy) is 2. The second-order valence-corrected chi connectivity index (χ2v) is 4.81. The largest absolute Gasteiger partial charge is 0.493 e. The lowest BCUT2D eigenvalue weighted by Crippen LogP contribution is -2.28. The number of azo groups is 1. The summed E-state index contributed by atoms with van der Waals surface area (Å²) in [4.78, 5) is 9.96. The molecule has 0 saturated carbocycles. The summed E-state index contributed by atoms with van der Waals surface area (Å²) in [7, 11) is 1.46. The Morgan fingerprint density at radius 2 is 2.16 bits per heavy atom. The summed E-state index contributed by atoms with van der Waals surface area (Å²) in [6.07, 6.45) is 0. The Labute approximate surface area is 121 Å². The molecule has 0 amide bonds. The van der Waals surface area contributed by atoms with Gasteiger partial charge in [0.25, 0.3) is 0 Å². The van der Waals surface area contributed by atoms with E-state index in [-0.39, 0.29) is 6.61 Å². The van der Waals surface area contributed by atoms with Crippen LogP contribution in [0.4, 0.5) is 5.69 Å². The molecule has 1 aromatic rings. The molecule has 5 nitrogen and oxygen atoms in total. The number of esters is 1. The number of halogens is 2. The van der Waals surface area contributed by atoms with Crippen LogP contribution in [-0.2, 0) is 9.53 Å². The Hall–Kier alpha value is -1.33. The summed E-state index contributed by atoms with van der Waals surface area (Å²) in [6.45, 7) is 3.30. The molecule has 1 rings (SSSR count). The van der Waals surface area contributed by atoms with Crippen LogP contribution in [-0.4, -0.2) is 24.7 Å². The minimum Gasteiger partial charge on any atom is -0.493 e. The van der Waals surface area contributed by atoms with Gasteiger partial charge in [0.05, 0.1) is 18.7 Å². The molecule has 1 atom stereocenters. The highest BCUT2D eigenvalue weighted by Gasteiger charge is 2.32. The predicted octanol–water partition coefficient (Wildman–Crippen LogP) is 3.95. The van der Waals surface area contributed by atoms with Gasteiger partial charge in [-0.05, 0) is 26.0 Å². The molecule has 0 saturated heterocycles. The fraction of sp³-hybridized carbons (Fsp3) is 0.417. The van der Waals surface area contributed by atoms with Crippen molar-refractivity contribution in [1.82, 2.24) is 0 Å². The second-order valence-electron chi connectivity index (χ2n) is 3.67. The van der Waals surface area contributed by atoms with E-state index in [0.29, 0.717) is 16.5 Å². The van der Waals surface area contributed by atoms with Crippen molar-refractivity contribution in [3.63, 3.8) is 0 Å². The Morgan fingerprint density at radius 3 is 2.74 bits per heavy atom. The maximum atomic E-state index is 11.5.